The number of hydrogen-bond acceptors (Lipinski definition) is 5. The molecule has 6 nitrogen and oxygen atoms in total. The van der Waals surface area contributed by atoms with Crippen LogP contribution in [0.15, 0.2) is 79.0 Å². The van der Waals surface area contributed by atoms with Crippen LogP contribution in [0.1, 0.15) is 27.5 Å². The summed E-state index contributed by atoms with van der Waals surface area (Å²) in [6.07, 6.45) is 4.73. The van der Waals surface area contributed by atoms with E-state index in [-0.39, 0.29) is 17.5 Å². The van der Waals surface area contributed by atoms with Crippen LogP contribution in [-0.4, -0.2) is 16.7 Å². The highest BCUT2D eigenvalue weighted by atomic mass is 16.1. The molecule has 1 amide bonds. The Kier molecular flexibility index (Phi) is 5.94. The molecule has 0 bridgehead atoms. The van der Waals surface area contributed by atoms with E-state index in [1.165, 1.54) is 6.08 Å². The van der Waals surface area contributed by atoms with Gasteiger partial charge in [0.05, 0.1) is 11.7 Å². The summed E-state index contributed by atoms with van der Waals surface area (Å²) < 4.78 is 0. The van der Waals surface area contributed by atoms with E-state index in [0.29, 0.717) is 16.8 Å². The van der Waals surface area contributed by atoms with E-state index in [9.17, 15) is 9.59 Å². The maximum Gasteiger partial charge on any atom is 0.255 e. The molecule has 6 heteroatoms. The summed E-state index contributed by atoms with van der Waals surface area (Å²) >= 11 is 0. The molecule has 1 unspecified atom stereocenters. The molecular weight excluding hydrogens is 352 g/mol. The zero-order valence-electron chi connectivity index (χ0n) is 15.1. The van der Waals surface area contributed by atoms with Gasteiger partial charge in [-0.25, -0.2) is 4.98 Å². The molecule has 0 aliphatic rings. The van der Waals surface area contributed by atoms with Crippen LogP contribution in [0.25, 0.3) is 6.08 Å². The van der Waals surface area contributed by atoms with Crippen molar-refractivity contribution in [2.45, 2.75) is 6.04 Å². The van der Waals surface area contributed by atoms with Gasteiger partial charge in [-0.15, -0.1) is 0 Å². The van der Waals surface area contributed by atoms with Crippen molar-refractivity contribution in [2.75, 3.05) is 11.1 Å². The van der Waals surface area contributed by atoms with E-state index in [0.717, 1.165) is 5.56 Å². The van der Waals surface area contributed by atoms with Crippen LogP contribution in [-0.2, 0) is 4.79 Å². The maximum atomic E-state index is 12.3. The fraction of sp³-hybridized carbons (Fsp3) is 0.0455. The number of carbonyl (C=O) groups excluding carboxylic acids is 2. The molecule has 0 saturated heterocycles. The SMILES string of the molecule is Nc1ncccc1NC(=O)c1ccc(C(N)C(=O)/C=C/c2ccccc2)cc1. The molecule has 3 rings (SSSR count). The van der Waals surface area contributed by atoms with Crippen molar-refractivity contribution in [3.8, 4) is 0 Å². The zero-order valence-corrected chi connectivity index (χ0v) is 15.1. The predicted molar refractivity (Wildman–Crippen MR) is 110 cm³/mol. The summed E-state index contributed by atoms with van der Waals surface area (Å²) in [6, 6.07) is 18.6. The van der Waals surface area contributed by atoms with Gasteiger partial charge >= 0.3 is 0 Å². The molecular formula is C22H20N4O2. The standard InChI is InChI=1S/C22H20N4O2/c23-20(19(27)13-8-15-5-2-1-3-6-15)16-9-11-17(12-10-16)22(28)26-18-7-4-14-25-21(18)24/h1-14,20H,23H2,(H2,24,25)(H,26,28)/b13-8+. The van der Waals surface area contributed by atoms with E-state index >= 15 is 0 Å². The summed E-state index contributed by atoms with van der Waals surface area (Å²) in [4.78, 5) is 28.6. The molecule has 0 radical (unpaired) electrons. The number of nitrogens with one attached hydrogen (secondary N) is 1. The summed E-state index contributed by atoms with van der Waals surface area (Å²) in [7, 11) is 0. The first-order valence-corrected chi connectivity index (χ1v) is 8.69. The van der Waals surface area contributed by atoms with Gasteiger partial charge in [-0.3, -0.25) is 9.59 Å². The van der Waals surface area contributed by atoms with Crippen molar-refractivity contribution in [3.05, 3.63) is 95.7 Å². The number of hydrogen-bond donors (Lipinski definition) is 3. The van der Waals surface area contributed by atoms with Gasteiger partial charge in [0.15, 0.2) is 5.78 Å². The first-order valence-electron chi connectivity index (χ1n) is 8.69. The second-order valence-electron chi connectivity index (χ2n) is 6.14. The minimum absolute atomic E-state index is 0.218. The first kappa shape index (κ1) is 19.0. The average molecular weight is 372 g/mol. The van der Waals surface area contributed by atoms with E-state index < -0.39 is 6.04 Å². The van der Waals surface area contributed by atoms with E-state index in [1.54, 1.807) is 48.7 Å². The predicted octanol–water partition coefficient (Wildman–Crippen LogP) is 3.20. The van der Waals surface area contributed by atoms with E-state index in [2.05, 4.69) is 10.3 Å². The number of nitrogen functional groups attached to an aromatic ring is 1. The van der Waals surface area contributed by atoms with Crippen LogP contribution in [0.2, 0.25) is 0 Å². The number of pyridine rings is 1. The average Bonchev–Trinajstić information content (AvgIpc) is 2.74. The molecule has 2 aromatic carbocycles. The van der Waals surface area contributed by atoms with Gasteiger partial charge < -0.3 is 16.8 Å². The van der Waals surface area contributed by atoms with Crippen LogP contribution >= 0.6 is 0 Å². The number of rotatable bonds is 6. The lowest BCUT2D eigenvalue weighted by atomic mass is 10.0. The third-order valence-corrected chi connectivity index (χ3v) is 4.16. The molecule has 1 atom stereocenters. The van der Waals surface area contributed by atoms with Gasteiger partial charge in [-0.1, -0.05) is 48.5 Å². The van der Waals surface area contributed by atoms with Crippen LogP contribution in [0.3, 0.4) is 0 Å². The van der Waals surface area contributed by atoms with Crippen molar-refractivity contribution >= 4 is 29.3 Å². The van der Waals surface area contributed by atoms with E-state index in [4.69, 9.17) is 11.5 Å². The minimum Gasteiger partial charge on any atom is -0.382 e. The van der Waals surface area contributed by atoms with Gasteiger partial charge in [-0.2, -0.15) is 0 Å². The second-order valence-corrected chi connectivity index (χ2v) is 6.14. The molecule has 3 aromatic rings. The van der Waals surface area contributed by atoms with Crippen LogP contribution in [0, 0.1) is 0 Å². The molecule has 0 aliphatic heterocycles. The van der Waals surface area contributed by atoms with Gasteiger partial charge in [-0.05, 0) is 41.5 Å². The number of aromatic nitrogens is 1. The Morgan fingerprint density at radius 3 is 2.36 bits per heavy atom. The van der Waals surface area contributed by atoms with E-state index in [1.807, 2.05) is 30.3 Å². The quantitative estimate of drug-likeness (QED) is 0.575. The third-order valence-electron chi connectivity index (χ3n) is 4.16. The second kappa shape index (κ2) is 8.75. The lowest BCUT2D eigenvalue weighted by molar-refractivity contribution is -0.115. The minimum atomic E-state index is -0.800. The number of ketones is 1. The molecule has 1 heterocycles. The van der Waals surface area contributed by atoms with Crippen LogP contribution < -0.4 is 16.8 Å². The molecule has 0 saturated carbocycles. The largest absolute Gasteiger partial charge is 0.382 e. The normalized spacial score (nSPS) is 11.9. The number of benzene rings is 2. The highest BCUT2D eigenvalue weighted by Gasteiger charge is 2.14. The number of nitrogens with two attached hydrogens (primary N) is 2. The van der Waals surface area contributed by atoms with Crippen LogP contribution in [0.5, 0.6) is 0 Å². The Hall–Kier alpha value is -3.77. The number of amides is 1. The Balaban J connectivity index is 1.66. The number of anilines is 2. The van der Waals surface area contributed by atoms with Crippen molar-refractivity contribution in [1.82, 2.24) is 4.98 Å². The molecule has 0 spiro atoms. The smallest absolute Gasteiger partial charge is 0.255 e. The van der Waals surface area contributed by atoms with Gasteiger partial charge in [0.2, 0.25) is 0 Å². The van der Waals surface area contributed by atoms with Gasteiger partial charge in [0.25, 0.3) is 5.91 Å². The summed E-state index contributed by atoms with van der Waals surface area (Å²) in [6.45, 7) is 0. The fourth-order valence-electron chi connectivity index (χ4n) is 2.57. The Bertz CT molecular complexity index is 999. The van der Waals surface area contributed by atoms with Crippen molar-refractivity contribution in [1.29, 1.82) is 0 Å². The van der Waals surface area contributed by atoms with Gasteiger partial charge in [0.1, 0.15) is 5.82 Å². The van der Waals surface area contributed by atoms with Gasteiger partial charge in [0, 0.05) is 11.8 Å². The molecule has 0 fully saturated rings. The highest BCUT2D eigenvalue weighted by Crippen LogP contribution is 2.17. The number of carbonyl (C=O) groups is 2. The summed E-state index contributed by atoms with van der Waals surface area (Å²) in [5, 5.41) is 2.70. The lowest BCUT2D eigenvalue weighted by Crippen LogP contribution is -2.20. The lowest BCUT2D eigenvalue weighted by Gasteiger charge is -2.10. The first-order chi connectivity index (χ1) is 13.5. The fourth-order valence-corrected chi connectivity index (χ4v) is 2.57. The zero-order chi connectivity index (χ0) is 19.9. The Morgan fingerprint density at radius 2 is 1.68 bits per heavy atom. The van der Waals surface area contributed by atoms with Crippen LogP contribution in [0.4, 0.5) is 11.5 Å². The summed E-state index contributed by atoms with van der Waals surface area (Å²) in [5.41, 5.74) is 14.2. The maximum absolute atomic E-state index is 12.3. The van der Waals surface area contributed by atoms with Crippen molar-refractivity contribution in [3.63, 3.8) is 0 Å². The third kappa shape index (κ3) is 4.69. The topological polar surface area (TPSA) is 111 Å². The molecule has 1 aromatic heterocycles. The van der Waals surface area contributed by atoms with Crippen molar-refractivity contribution < 1.29 is 9.59 Å². The highest BCUT2D eigenvalue weighted by molar-refractivity contribution is 6.05. The Morgan fingerprint density at radius 1 is 0.964 bits per heavy atom. The monoisotopic (exact) mass is 372 g/mol. The Labute approximate surface area is 162 Å². The van der Waals surface area contributed by atoms with Crippen molar-refractivity contribution in [2.24, 2.45) is 5.73 Å². The summed E-state index contributed by atoms with van der Waals surface area (Å²) in [5.74, 6) is -0.301. The molecule has 5 N–H and O–H groups in total. The molecule has 140 valence electrons. The number of nitrogens with zero attached hydrogens (tertiary/aromatic N) is 1. The molecule has 28 heavy (non-hydrogen) atoms. The molecule has 0 aliphatic carbocycles.